The number of hydrogen-bond acceptors (Lipinski definition) is 4. The van der Waals surface area contributed by atoms with Gasteiger partial charge in [0.15, 0.2) is 0 Å². The van der Waals surface area contributed by atoms with Crippen LogP contribution in [0.25, 0.3) is 0 Å². The Bertz CT molecular complexity index is 455. The van der Waals surface area contributed by atoms with Crippen molar-refractivity contribution in [2.24, 2.45) is 0 Å². The molecule has 106 valence electrons. The van der Waals surface area contributed by atoms with E-state index in [4.69, 9.17) is 14.5 Å². The van der Waals surface area contributed by atoms with Gasteiger partial charge in [0.2, 0.25) is 5.91 Å². The molecule has 7 nitrogen and oxygen atoms in total. The molecule has 0 heterocycles. The van der Waals surface area contributed by atoms with Gasteiger partial charge in [-0.2, -0.15) is 0 Å². The zero-order valence-corrected chi connectivity index (χ0v) is 11.3. The highest BCUT2D eigenvalue weighted by atomic mass is 31.2. The van der Waals surface area contributed by atoms with Crippen LogP contribution in [-0.2, 0) is 14.1 Å². The highest BCUT2D eigenvalue weighted by molar-refractivity contribution is 7.46. The van der Waals surface area contributed by atoms with E-state index in [1.807, 2.05) is 0 Å². The van der Waals surface area contributed by atoms with E-state index in [-0.39, 0.29) is 11.7 Å². The van der Waals surface area contributed by atoms with E-state index in [1.54, 1.807) is 7.11 Å². The SMILES string of the molecule is COCCCC(=O)Nc1ccc(OP(=O)(O)O)cc1. The van der Waals surface area contributed by atoms with Gasteiger partial charge in [0.05, 0.1) is 0 Å². The van der Waals surface area contributed by atoms with Crippen molar-refractivity contribution in [3.05, 3.63) is 24.3 Å². The van der Waals surface area contributed by atoms with Crippen LogP contribution in [0.15, 0.2) is 24.3 Å². The van der Waals surface area contributed by atoms with E-state index in [0.29, 0.717) is 25.1 Å². The number of carbonyl (C=O) groups excluding carboxylic acids is 1. The van der Waals surface area contributed by atoms with Crippen molar-refractivity contribution in [3.8, 4) is 5.75 Å². The first kappa shape index (κ1) is 15.7. The molecule has 0 aliphatic rings. The first-order valence-corrected chi connectivity index (χ1v) is 7.08. The minimum atomic E-state index is -4.55. The van der Waals surface area contributed by atoms with E-state index in [1.165, 1.54) is 24.3 Å². The zero-order chi connectivity index (χ0) is 14.3. The van der Waals surface area contributed by atoms with E-state index in [9.17, 15) is 9.36 Å². The van der Waals surface area contributed by atoms with Crippen LogP contribution in [0.5, 0.6) is 5.75 Å². The number of rotatable bonds is 7. The molecule has 0 radical (unpaired) electrons. The fourth-order valence-electron chi connectivity index (χ4n) is 1.34. The van der Waals surface area contributed by atoms with Crippen LogP contribution in [0, 0.1) is 0 Å². The number of anilines is 1. The second-order valence-corrected chi connectivity index (χ2v) is 4.91. The third-order valence-electron chi connectivity index (χ3n) is 2.11. The number of phosphoric ester groups is 1. The molecule has 1 rings (SSSR count). The first-order chi connectivity index (χ1) is 8.90. The van der Waals surface area contributed by atoms with Gasteiger partial charge < -0.3 is 14.6 Å². The molecule has 0 unspecified atom stereocenters. The number of carbonyl (C=O) groups is 1. The number of benzene rings is 1. The van der Waals surface area contributed by atoms with Gasteiger partial charge in [0.25, 0.3) is 0 Å². The molecule has 19 heavy (non-hydrogen) atoms. The second kappa shape index (κ2) is 7.25. The Balaban J connectivity index is 2.48. The van der Waals surface area contributed by atoms with Gasteiger partial charge in [-0.15, -0.1) is 0 Å². The van der Waals surface area contributed by atoms with Crippen molar-refractivity contribution in [2.45, 2.75) is 12.8 Å². The summed E-state index contributed by atoms with van der Waals surface area (Å²) in [5.41, 5.74) is 0.528. The fourth-order valence-corrected chi connectivity index (χ4v) is 1.73. The third kappa shape index (κ3) is 6.93. The summed E-state index contributed by atoms with van der Waals surface area (Å²) in [7, 11) is -2.98. The van der Waals surface area contributed by atoms with Crippen LogP contribution in [0.2, 0.25) is 0 Å². The van der Waals surface area contributed by atoms with Crippen molar-refractivity contribution in [1.82, 2.24) is 0 Å². The van der Waals surface area contributed by atoms with Crippen molar-refractivity contribution in [3.63, 3.8) is 0 Å². The summed E-state index contributed by atoms with van der Waals surface area (Å²) in [5.74, 6) is -0.119. The van der Waals surface area contributed by atoms with Crippen molar-refractivity contribution in [2.75, 3.05) is 19.0 Å². The predicted molar refractivity (Wildman–Crippen MR) is 68.9 cm³/mol. The van der Waals surface area contributed by atoms with Gasteiger partial charge in [0, 0.05) is 25.8 Å². The van der Waals surface area contributed by atoms with E-state index in [2.05, 4.69) is 9.84 Å². The predicted octanol–water partition coefficient (Wildman–Crippen LogP) is 1.52. The molecule has 1 amide bonds. The van der Waals surface area contributed by atoms with E-state index in [0.717, 1.165) is 0 Å². The van der Waals surface area contributed by atoms with E-state index >= 15 is 0 Å². The summed E-state index contributed by atoms with van der Waals surface area (Å²) in [6, 6.07) is 5.73. The van der Waals surface area contributed by atoms with Gasteiger partial charge in [-0.3, -0.25) is 14.6 Å². The summed E-state index contributed by atoms with van der Waals surface area (Å²) in [5, 5.41) is 2.65. The van der Waals surface area contributed by atoms with Crippen LogP contribution < -0.4 is 9.84 Å². The normalized spacial score (nSPS) is 11.1. The molecular weight excluding hydrogens is 273 g/mol. The number of nitrogens with one attached hydrogen (secondary N) is 1. The Labute approximate surface area is 110 Å². The summed E-state index contributed by atoms with van der Waals surface area (Å²) in [4.78, 5) is 28.7. The van der Waals surface area contributed by atoms with Crippen LogP contribution in [0.4, 0.5) is 5.69 Å². The Morgan fingerprint density at radius 1 is 1.32 bits per heavy atom. The summed E-state index contributed by atoms with van der Waals surface area (Å²) < 4.78 is 19.8. The lowest BCUT2D eigenvalue weighted by Crippen LogP contribution is -2.11. The number of phosphoric acid groups is 1. The van der Waals surface area contributed by atoms with Crippen molar-refractivity contribution >= 4 is 19.4 Å². The average Bonchev–Trinajstić information content (AvgIpc) is 2.30. The number of ether oxygens (including phenoxy) is 1. The minimum absolute atomic E-state index is 0.0331. The Hall–Kier alpha value is -1.40. The van der Waals surface area contributed by atoms with Gasteiger partial charge in [-0.05, 0) is 30.7 Å². The summed E-state index contributed by atoms with van der Waals surface area (Å²) >= 11 is 0. The van der Waals surface area contributed by atoms with Gasteiger partial charge in [-0.25, -0.2) is 4.57 Å². The molecule has 8 heteroatoms. The van der Waals surface area contributed by atoms with Crippen LogP contribution >= 0.6 is 7.82 Å². The van der Waals surface area contributed by atoms with Gasteiger partial charge in [0.1, 0.15) is 5.75 Å². The maximum Gasteiger partial charge on any atom is 0.524 e. The smallest absolute Gasteiger partial charge is 0.404 e. The summed E-state index contributed by atoms with van der Waals surface area (Å²) in [6.45, 7) is 0.516. The molecule has 0 aliphatic heterocycles. The minimum Gasteiger partial charge on any atom is -0.404 e. The van der Waals surface area contributed by atoms with Crippen molar-refractivity contribution in [1.29, 1.82) is 0 Å². The molecular formula is C11H16NO6P. The molecule has 0 atom stereocenters. The largest absolute Gasteiger partial charge is 0.524 e. The highest BCUT2D eigenvalue weighted by Gasteiger charge is 2.15. The standard InChI is InChI=1S/C11H16NO6P/c1-17-8-2-3-11(13)12-9-4-6-10(7-5-9)18-19(14,15)16/h4-7H,2-3,8H2,1H3,(H,12,13)(H2,14,15,16). The second-order valence-electron chi connectivity index (χ2n) is 3.75. The topological polar surface area (TPSA) is 105 Å². The first-order valence-electron chi connectivity index (χ1n) is 5.55. The Kier molecular flexibility index (Phi) is 5.98. The van der Waals surface area contributed by atoms with Crippen LogP contribution in [0.3, 0.4) is 0 Å². The van der Waals surface area contributed by atoms with Gasteiger partial charge in [-0.1, -0.05) is 0 Å². The molecule has 0 aromatic heterocycles. The quantitative estimate of drug-likeness (QED) is 0.519. The molecule has 0 bridgehead atoms. The number of hydrogen-bond donors (Lipinski definition) is 3. The average molecular weight is 289 g/mol. The van der Waals surface area contributed by atoms with Gasteiger partial charge >= 0.3 is 7.82 Å². The number of methoxy groups -OCH3 is 1. The molecule has 0 fully saturated rings. The lowest BCUT2D eigenvalue weighted by atomic mass is 10.2. The molecule has 3 N–H and O–H groups in total. The van der Waals surface area contributed by atoms with Crippen molar-refractivity contribution < 1.29 is 28.4 Å². The van der Waals surface area contributed by atoms with Crippen LogP contribution in [-0.4, -0.2) is 29.4 Å². The molecule has 0 aliphatic carbocycles. The molecule has 1 aromatic carbocycles. The monoisotopic (exact) mass is 289 g/mol. The van der Waals surface area contributed by atoms with Crippen LogP contribution in [0.1, 0.15) is 12.8 Å². The Morgan fingerprint density at radius 2 is 1.95 bits per heavy atom. The maximum atomic E-state index is 11.5. The Morgan fingerprint density at radius 3 is 2.47 bits per heavy atom. The summed E-state index contributed by atoms with van der Waals surface area (Å²) in [6.07, 6.45) is 0.969. The van der Waals surface area contributed by atoms with E-state index < -0.39 is 7.82 Å². The maximum absolute atomic E-state index is 11.5. The molecule has 1 aromatic rings. The highest BCUT2D eigenvalue weighted by Crippen LogP contribution is 2.37. The zero-order valence-electron chi connectivity index (χ0n) is 10.4. The molecule has 0 spiro atoms. The lowest BCUT2D eigenvalue weighted by Gasteiger charge is -2.08. The number of amides is 1. The lowest BCUT2D eigenvalue weighted by molar-refractivity contribution is -0.116. The molecule has 0 saturated heterocycles. The third-order valence-corrected chi connectivity index (χ3v) is 2.56. The molecule has 0 saturated carbocycles. The fraction of sp³-hybridized carbons (Fsp3) is 0.364.